The van der Waals surface area contributed by atoms with E-state index in [0.717, 1.165) is 0 Å². The minimum absolute atomic E-state index is 0.0369. The number of aromatic nitrogens is 3. The van der Waals surface area contributed by atoms with Crippen molar-refractivity contribution in [2.75, 3.05) is 37.3 Å². The molecular formula is C20H21F3N6. The molecule has 3 heterocycles. The molecule has 29 heavy (non-hydrogen) atoms. The van der Waals surface area contributed by atoms with Crippen LogP contribution in [0, 0.1) is 11.7 Å². The molecule has 1 unspecified atom stereocenters. The van der Waals surface area contributed by atoms with E-state index in [1.54, 1.807) is 31.4 Å². The molecule has 0 aliphatic carbocycles. The molecule has 152 valence electrons. The van der Waals surface area contributed by atoms with Crippen LogP contribution in [0.5, 0.6) is 0 Å². The van der Waals surface area contributed by atoms with E-state index in [1.165, 1.54) is 12.3 Å². The van der Waals surface area contributed by atoms with E-state index in [4.69, 9.17) is 0 Å². The zero-order valence-electron chi connectivity index (χ0n) is 15.8. The molecule has 4 rings (SSSR count). The van der Waals surface area contributed by atoms with Crippen LogP contribution in [0.25, 0.3) is 22.3 Å². The van der Waals surface area contributed by atoms with Gasteiger partial charge in [-0.1, -0.05) is 6.07 Å². The SMILES string of the molecule is CNc1ccc(-c2cc3nccnc3c(NCC3CNCCC3(F)F)n2)cc1F. The second-order valence-electron chi connectivity index (χ2n) is 7.02. The van der Waals surface area contributed by atoms with E-state index < -0.39 is 17.7 Å². The van der Waals surface area contributed by atoms with Crippen molar-refractivity contribution in [3.8, 4) is 11.3 Å². The Hall–Kier alpha value is -2.94. The number of hydrogen-bond donors (Lipinski definition) is 3. The molecular weight excluding hydrogens is 381 g/mol. The first-order valence-electron chi connectivity index (χ1n) is 9.40. The summed E-state index contributed by atoms with van der Waals surface area (Å²) in [5, 5.41) is 8.79. The summed E-state index contributed by atoms with van der Waals surface area (Å²) in [5.74, 6) is -3.66. The van der Waals surface area contributed by atoms with Crippen molar-refractivity contribution in [2.24, 2.45) is 5.92 Å². The third-order valence-electron chi connectivity index (χ3n) is 5.13. The van der Waals surface area contributed by atoms with Crippen LogP contribution in [-0.2, 0) is 0 Å². The maximum absolute atomic E-state index is 14.2. The van der Waals surface area contributed by atoms with Crippen LogP contribution in [0.2, 0.25) is 0 Å². The van der Waals surface area contributed by atoms with Crippen molar-refractivity contribution in [1.82, 2.24) is 20.3 Å². The number of anilines is 2. The van der Waals surface area contributed by atoms with E-state index in [-0.39, 0.29) is 19.5 Å². The molecule has 2 aromatic heterocycles. The number of piperidine rings is 1. The molecule has 0 bridgehead atoms. The zero-order chi connectivity index (χ0) is 20.4. The molecule has 9 heteroatoms. The van der Waals surface area contributed by atoms with E-state index in [0.29, 0.717) is 40.3 Å². The minimum atomic E-state index is -2.75. The van der Waals surface area contributed by atoms with Crippen LogP contribution in [0.1, 0.15) is 6.42 Å². The van der Waals surface area contributed by atoms with Crippen molar-refractivity contribution < 1.29 is 13.2 Å². The van der Waals surface area contributed by atoms with Gasteiger partial charge in [0.2, 0.25) is 0 Å². The number of alkyl halides is 2. The minimum Gasteiger partial charge on any atom is -0.386 e. The third-order valence-corrected chi connectivity index (χ3v) is 5.13. The van der Waals surface area contributed by atoms with E-state index in [2.05, 4.69) is 30.9 Å². The summed E-state index contributed by atoms with van der Waals surface area (Å²) in [6.07, 6.45) is 2.87. The van der Waals surface area contributed by atoms with Crippen molar-refractivity contribution in [3.63, 3.8) is 0 Å². The largest absolute Gasteiger partial charge is 0.386 e. The van der Waals surface area contributed by atoms with Crippen LogP contribution in [0.4, 0.5) is 24.7 Å². The molecule has 6 nitrogen and oxygen atoms in total. The fourth-order valence-corrected chi connectivity index (χ4v) is 3.45. The summed E-state index contributed by atoms with van der Waals surface area (Å²) < 4.78 is 42.5. The summed E-state index contributed by atoms with van der Waals surface area (Å²) in [7, 11) is 1.64. The monoisotopic (exact) mass is 402 g/mol. The fourth-order valence-electron chi connectivity index (χ4n) is 3.45. The number of hydrogen-bond acceptors (Lipinski definition) is 6. The summed E-state index contributed by atoms with van der Waals surface area (Å²) in [6, 6.07) is 6.44. The molecule has 1 aliphatic rings. The first-order chi connectivity index (χ1) is 14.0. The molecule has 1 aliphatic heterocycles. The van der Waals surface area contributed by atoms with Crippen LogP contribution in [-0.4, -0.2) is 47.6 Å². The standard InChI is InChI=1S/C20H21F3N6/c1-24-15-3-2-12(8-14(15)21)16-9-17-18(27-7-6-26-17)19(29-16)28-11-13-10-25-5-4-20(13,22)23/h2-3,6-9,13,24-25H,4-5,10-11H2,1H3,(H,28,29). The first kappa shape index (κ1) is 19.4. The summed E-state index contributed by atoms with van der Waals surface area (Å²) in [4.78, 5) is 13.1. The normalized spacial score (nSPS) is 18.6. The van der Waals surface area contributed by atoms with Gasteiger partial charge < -0.3 is 16.0 Å². The van der Waals surface area contributed by atoms with Gasteiger partial charge in [-0.25, -0.2) is 23.1 Å². The van der Waals surface area contributed by atoms with Crippen molar-refractivity contribution in [2.45, 2.75) is 12.3 Å². The lowest BCUT2D eigenvalue weighted by molar-refractivity contribution is -0.0728. The molecule has 3 N–H and O–H groups in total. The Bertz CT molecular complexity index is 1030. The Kier molecular flexibility index (Phi) is 5.23. The van der Waals surface area contributed by atoms with Crippen LogP contribution in [0.3, 0.4) is 0 Å². The predicted octanol–water partition coefficient (Wildman–Crippen LogP) is 3.53. The maximum atomic E-state index is 14.2. The van der Waals surface area contributed by atoms with Crippen LogP contribution < -0.4 is 16.0 Å². The molecule has 0 saturated carbocycles. The second kappa shape index (κ2) is 7.82. The van der Waals surface area contributed by atoms with Crippen molar-refractivity contribution >= 4 is 22.5 Å². The third kappa shape index (κ3) is 3.95. The Morgan fingerprint density at radius 2 is 2.03 bits per heavy atom. The maximum Gasteiger partial charge on any atom is 0.255 e. The summed E-state index contributed by atoms with van der Waals surface area (Å²) in [6.45, 7) is 0.564. The number of fused-ring (bicyclic) bond motifs is 1. The van der Waals surface area contributed by atoms with Gasteiger partial charge in [0, 0.05) is 51.1 Å². The molecule has 1 aromatic carbocycles. The number of benzene rings is 1. The van der Waals surface area contributed by atoms with E-state index >= 15 is 0 Å². The van der Waals surface area contributed by atoms with Crippen molar-refractivity contribution in [1.29, 1.82) is 0 Å². The van der Waals surface area contributed by atoms with E-state index in [9.17, 15) is 13.2 Å². The van der Waals surface area contributed by atoms with E-state index in [1.807, 2.05) is 0 Å². The molecule has 1 atom stereocenters. The number of nitrogens with one attached hydrogen (secondary N) is 3. The molecule has 0 spiro atoms. The number of halogens is 3. The lowest BCUT2D eigenvalue weighted by atomic mass is 9.95. The highest BCUT2D eigenvalue weighted by atomic mass is 19.3. The number of nitrogens with zero attached hydrogens (tertiary/aromatic N) is 3. The van der Waals surface area contributed by atoms with Gasteiger partial charge in [0.05, 0.1) is 22.8 Å². The second-order valence-corrected chi connectivity index (χ2v) is 7.02. The Labute approximate surface area is 166 Å². The Morgan fingerprint density at radius 1 is 1.21 bits per heavy atom. The van der Waals surface area contributed by atoms with Crippen LogP contribution >= 0.6 is 0 Å². The van der Waals surface area contributed by atoms with Gasteiger partial charge in [0.1, 0.15) is 11.3 Å². The van der Waals surface area contributed by atoms with Crippen molar-refractivity contribution in [3.05, 3.63) is 42.5 Å². The van der Waals surface area contributed by atoms with Gasteiger partial charge in [0.15, 0.2) is 5.82 Å². The topological polar surface area (TPSA) is 74.8 Å². The van der Waals surface area contributed by atoms with Gasteiger partial charge in [-0.15, -0.1) is 0 Å². The lowest BCUT2D eigenvalue weighted by Crippen LogP contribution is -2.47. The highest BCUT2D eigenvalue weighted by Gasteiger charge is 2.41. The Balaban J connectivity index is 1.68. The quantitative estimate of drug-likeness (QED) is 0.606. The average Bonchev–Trinajstić information content (AvgIpc) is 2.72. The molecule has 3 aromatic rings. The zero-order valence-corrected chi connectivity index (χ0v) is 15.8. The average molecular weight is 402 g/mol. The fraction of sp³-hybridized carbons (Fsp3) is 0.350. The lowest BCUT2D eigenvalue weighted by Gasteiger charge is -2.32. The highest BCUT2D eigenvalue weighted by molar-refractivity contribution is 5.88. The number of rotatable bonds is 5. The highest BCUT2D eigenvalue weighted by Crippen LogP contribution is 2.32. The van der Waals surface area contributed by atoms with Gasteiger partial charge in [0.25, 0.3) is 5.92 Å². The van der Waals surface area contributed by atoms with Gasteiger partial charge >= 0.3 is 0 Å². The molecule has 0 radical (unpaired) electrons. The summed E-state index contributed by atoms with van der Waals surface area (Å²) >= 11 is 0. The molecule has 1 fully saturated rings. The predicted molar refractivity (Wildman–Crippen MR) is 107 cm³/mol. The summed E-state index contributed by atoms with van der Waals surface area (Å²) in [5.41, 5.74) is 2.44. The number of pyridine rings is 1. The Morgan fingerprint density at radius 3 is 2.79 bits per heavy atom. The van der Waals surface area contributed by atoms with Gasteiger partial charge in [-0.3, -0.25) is 4.98 Å². The van der Waals surface area contributed by atoms with Crippen LogP contribution in [0.15, 0.2) is 36.7 Å². The first-order valence-corrected chi connectivity index (χ1v) is 9.40. The smallest absolute Gasteiger partial charge is 0.255 e. The molecule has 0 amide bonds. The van der Waals surface area contributed by atoms with Gasteiger partial charge in [-0.2, -0.15) is 0 Å². The molecule has 1 saturated heterocycles. The van der Waals surface area contributed by atoms with Gasteiger partial charge in [-0.05, 0) is 18.2 Å².